The second kappa shape index (κ2) is 5.43. The Morgan fingerprint density at radius 1 is 1.24 bits per heavy atom. The molecule has 21 heavy (non-hydrogen) atoms. The summed E-state index contributed by atoms with van der Waals surface area (Å²) in [5.41, 5.74) is 1.05. The standard InChI is InChI=1S/C11H8ClN5O2S2/c12-10-4-5-11(20-10)21(18,19)14-8-2-1-3-9(6-8)17-7-13-15-16-17/h1-7,14H. The largest absolute Gasteiger partial charge is 0.279 e. The number of sulfonamides is 1. The first-order valence-electron chi connectivity index (χ1n) is 5.66. The molecule has 0 aliphatic rings. The quantitative estimate of drug-likeness (QED) is 0.785. The summed E-state index contributed by atoms with van der Waals surface area (Å²) in [7, 11) is -3.65. The molecule has 0 saturated carbocycles. The fraction of sp³-hybridized carbons (Fsp3) is 0. The molecular formula is C11H8ClN5O2S2. The predicted octanol–water partition coefficient (Wildman–Crippen LogP) is 2.18. The minimum absolute atomic E-state index is 0.153. The van der Waals surface area contributed by atoms with E-state index in [1.54, 1.807) is 24.3 Å². The molecule has 2 aromatic heterocycles. The maximum atomic E-state index is 12.2. The van der Waals surface area contributed by atoms with Gasteiger partial charge in [0.05, 0.1) is 15.7 Å². The molecule has 0 aliphatic carbocycles. The highest BCUT2D eigenvalue weighted by Gasteiger charge is 2.17. The van der Waals surface area contributed by atoms with Crippen molar-refractivity contribution in [2.75, 3.05) is 4.72 Å². The third-order valence-corrected chi connectivity index (χ3v) is 5.63. The summed E-state index contributed by atoms with van der Waals surface area (Å²) in [6.07, 6.45) is 1.42. The molecule has 10 heteroatoms. The van der Waals surface area contributed by atoms with E-state index in [0.717, 1.165) is 11.3 Å². The molecule has 0 unspecified atom stereocenters. The fourth-order valence-corrected chi connectivity index (χ4v) is 4.17. The van der Waals surface area contributed by atoms with Crippen molar-refractivity contribution in [1.82, 2.24) is 20.2 Å². The number of aromatic nitrogens is 4. The highest BCUT2D eigenvalue weighted by atomic mass is 35.5. The first kappa shape index (κ1) is 14.0. The summed E-state index contributed by atoms with van der Waals surface area (Å²) in [6.45, 7) is 0. The zero-order chi connectivity index (χ0) is 14.9. The highest BCUT2D eigenvalue weighted by molar-refractivity contribution is 7.94. The van der Waals surface area contributed by atoms with Crippen LogP contribution in [0.5, 0.6) is 0 Å². The average Bonchev–Trinajstić information content (AvgIpc) is 3.09. The summed E-state index contributed by atoms with van der Waals surface area (Å²) in [6, 6.07) is 9.73. The van der Waals surface area contributed by atoms with Gasteiger partial charge in [-0.05, 0) is 40.8 Å². The summed E-state index contributed by atoms with van der Waals surface area (Å²) in [5.74, 6) is 0. The van der Waals surface area contributed by atoms with Gasteiger partial charge in [0.25, 0.3) is 10.0 Å². The molecular weight excluding hydrogens is 334 g/mol. The Hall–Kier alpha value is -1.97. The van der Waals surface area contributed by atoms with E-state index < -0.39 is 10.0 Å². The van der Waals surface area contributed by atoms with Gasteiger partial charge in [0.2, 0.25) is 0 Å². The molecule has 3 aromatic rings. The molecule has 108 valence electrons. The first-order chi connectivity index (χ1) is 10.0. The number of rotatable bonds is 4. The molecule has 0 radical (unpaired) electrons. The van der Waals surface area contributed by atoms with Crippen molar-refractivity contribution in [1.29, 1.82) is 0 Å². The Kier molecular flexibility index (Phi) is 3.62. The maximum Gasteiger partial charge on any atom is 0.271 e. The lowest BCUT2D eigenvalue weighted by atomic mass is 10.3. The van der Waals surface area contributed by atoms with Gasteiger partial charge < -0.3 is 0 Å². The Labute approximate surface area is 129 Å². The number of hydrogen-bond acceptors (Lipinski definition) is 6. The molecule has 0 atom stereocenters. The second-order valence-electron chi connectivity index (χ2n) is 3.97. The van der Waals surface area contributed by atoms with Crippen molar-refractivity contribution in [2.24, 2.45) is 0 Å². The number of hydrogen-bond donors (Lipinski definition) is 1. The van der Waals surface area contributed by atoms with E-state index in [9.17, 15) is 8.42 Å². The number of benzene rings is 1. The second-order valence-corrected chi connectivity index (χ2v) is 7.59. The molecule has 0 bridgehead atoms. The molecule has 0 fully saturated rings. The Morgan fingerprint density at radius 2 is 2.10 bits per heavy atom. The summed E-state index contributed by atoms with van der Waals surface area (Å²) >= 11 is 6.76. The topological polar surface area (TPSA) is 89.8 Å². The van der Waals surface area contributed by atoms with Crippen molar-refractivity contribution < 1.29 is 8.42 Å². The van der Waals surface area contributed by atoms with Crippen molar-refractivity contribution in [2.45, 2.75) is 4.21 Å². The number of halogens is 1. The van der Waals surface area contributed by atoms with Gasteiger partial charge in [-0.15, -0.1) is 16.4 Å². The van der Waals surface area contributed by atoms with Gasteiger partial charge in [-0.25, -0.2) is 13.1 Å². The van der Waals surface area contributed by atoms with Crippen LogP contribution in [0.4, 0.5) is 5.69 Å². The van der Waals surface area contributed by atoms with Crippen molar-refractivity contribution in [3.8, 4) is 5.69 Å². The number of tetrazole rings is 1. The zero-order valence-corrected chi connectivity index (χ0v) is 12.7. The molecule has 1 N–H and O–H groups in total. The maximum absolute atomic E-state index is 12.2. The van der Waals surface area contributed by atoms with Gasteiger partial charge in [-0.2, -0.15) is 0 Å². The van der Waals surface area contributed by atoms with Gasteiger partial charge in [0, 0.05) is 0 Å². The van der Waals surface area contributed by atoms with E-state index in [1.165, 1.54) is 23.1 Å². The van der Waals surface area contributed by atoms with Gasteiger partial charge in [0.15, 0.2) is 0 Å². The Bertz CT molecular complexity index is 860. The van der Waals surface area contributed by atoms with Gasteiger partial charge in [0.1, 0.15) is 10.5 Å². The Balaban J connectivity index is 1.90. The van der Waals surface area contributed by atoms with Crippen LogP contribution in [0.1, 0.15) is 0 Å². The normalized spacial score (nSPS) is 11.5. The molecule has 2 heterocycles. The number of anilines is 1. The number of thiophene rings is 1. The van der Waals surface area contributed by atoms with Crippen LogP contribution in [-0.4, -0.2) is 28.6 Å². The van der Waals surface area contributed by atoms with Crippen molar-refractivity contribution in [3.05, 3.63) is 47.1 Å². The van der Waals surface area contributed by atoms with E-state index in [2.05, 4.69) is 20.2 Å². The molecule has 0 spiro atoms. The van der Waals surface area contributed by atoms with Crippen LogP contribution in [0.25, 0.3) is 5.69 Å². The van der Waals surface area contributed by atoms with Gasteiger partial charge >= 0.3 is 0 Å². The lowest BCUT2D eigenvalue weighted by Crippen LogP contribution is -2.11. The zero-order valence-electron chi connectivity index (χ0n) is 10.3. The minimum atomic E-state index is -3.65. The molecule has 3 rings (SSSR count). The van der Waals surface area contributed by atoms with Crippen LogP contribution in [0.2, 0.25) is 4.34 Å². The van der Waals surface area contributed by atoms with Gasteiger partial charge in [-0.3, -0.25) is 4.72 Å². The van der Waals surface area contributed by atoms with Crippen LogP contribution in [0, 0.1) is 0 Å². The minimum Gasteiger partial charge on any atom is -0.279 e. The average molecular weight is 342 g/mol. The number of nitrogens with one attached hydrogen (secondary N) is 1. The molecule has 0 aliphatic heterocycles. The SMILES string of the molecule is O=S(=O)(Nc1cccc(-n2cnnn2)c1)c1ccc(Cl)s1. The summed E-state index contributed by atoms with van der Waals surface area (Å²) < 4.78 is 28.9. The summed E-state index contributed by atoms with van der Waals surface area (Å²) in [4.78, 5) is 0. The van der Waals surface area contributed by atoms with Crippen LogP contribution in [-0.2, 0) is 10.0 Å². The van der Waals surface area contributed by atoms with Crippen molar-refractivity contribution >= 4 is 38.6 Å². The van der Waals surface area contributed by atoms with E-state index >= 15 is 0 Å². The molecule has 0 saturated heterocycles. The molecule has 1 aromatic carbocycles. The third-order valence-electron chi connectivity index (χ3n) is 2.53. The summed E-state index contributed by atoms with van der Waals surface area (Å²) in [5, 5.41) is 10.8. The van der Waals surface area contributed by atoms with Crippen LogP contribution in [0.15, 0.2) is 46.9 Å². The first-order valence-corrected chi connectivity index (χ1v) is 8.34. The van der Waals surface area contributed by atoms with E-state index in [1.807, 2.05) is 0 Å². The van der Waals surface area contributed by atoms with Crippen LogP contribution >= 0.6 is 22.9 Å². The van der Waals surface area contributed by atoms with Crippen LogP contribution in [0.3, 0.4) is 0 Å². The van der Waals surface area contributed by atoms with E-state index in [0.29, 0.717) is 15.7 Å². The monoisotopic (exact) mass is 341 g/mol. The lowest BCUT2D eigenvalue weighted by molar-refractivity contribution is 0.603. The fourth-order valence-electron chi connectivity index (χ4n) is 1.64. The number of nitrogens with zero attached hydrogens (tertiary/aromatic N) is 4. The molecule has 0 amide bonds. The van der Waals surface area contributed by atoms with E-state index in [4.69, 9.17) is 11.6 Å². The smallest absolute Gasteiger partial charge is 0.271 e. The Morgan fingerprint density at radius 3 is 2.76 bits per heavy atom. The van der Waals surface area contributed by atoms with Crippen molar-refractivity contribution in [3.63, 3.8) is 0 Å². The highest BCUT2D eigenvalue weighted by Crippen LogP contribution is 2.27. The molecule has 7 nitrogen and oxygen atoms in total. The van der Waals surface area contributed by atoms with E-state index in [-0.39, 0.29) is 4.21 Å². The van der Waals surface area contributed by atoms with Crippen LogP contribution < -0.4 is 4.72 Å². The van der Waals surface area contributed by atoms with Gasteiger partial charge in [-0.1, -0.05) is 17.7 Å². The third kappa shape index (κ3) is 3.04. The lowest BCUT2D eigenvalue weighted by Gasteiger charge is -2.07. The predicted molar refractivity (Wildman–Crippen MR) is 79.3 cm³/mol.